The fraction of sp³-hybridized carbons (Fsp3) is 0.737. The minimum absolute atomic E-state index is 0.0662. The van der Waals surface area contributed by atoms with Gasteiger partial charge in [-0.05, 0) is 32.3 Å². The molecule has 1 saturated heterocycles. The number of nitrogens with zero attached hydrogens (tertiary/aromatic N) is 3. The van der Waals surface area contributed by atoms with E-state index < -0.39 is 17.9 Å². The molecule has 6 nitrogen and oxygen atoms in total. The standard InChI is InChI=1S/C19H27F3N4O2/c1-12(2)23-17-25-15(7-6-13(3)19(20,21)22)24-16(26-17)14-5-4-8-18(11-14)27-9-10-28-18/h5,12-13H,4,6-11H2,1-3H3,(H,23,24,25,26)/t13-/m0/s1. The molecule has 1 aliphatic carbocycles. The van der Waals surface area contributed by atoms with E-state index in [2.05, 4.69) is 20.3 Å². The van der Waals surface area contributed by atoms with Gasteiger partial charge in [0.05, 0.1) is 19.1 Å². The zero-order valence-corrected chi connectivity index (χ0v) is 16.5. The first-order valence-corrected chi connectivity index (χ1v) is 9.72. The van der Waals surface area contributed by atoms with Crippen LogP contribution in [0, 0.1) is 5.92 Å². The lowest BCUT2D eigenvalue weighted by Crippen LogP contribution is -2.32. The van der Waals surface area contributed by atoms with E-state index in [4.69, 9.17) is 9.47 Å². The molecule has 0 radical (unpaired) electrons. The Morgan fingerprint density at radius 1 is 1.14 bits per heavy atom. The lowest BCUT2D eigenvalue weighted by molar-refractivity contribution is -0.171. The molecule has 0 amide bonds. The van der Waals surface area contributed by atoms with Crippen molar-refractivity contribution < 1.29 is 22.6 Å². The van der Waals surface area contributed by atoms with Gasteiger partial charge in [0.2, 0.25) is 5.95 Å². The van der Waals surface area contributed by atoms with Gasteiger partial charge >= 0.3 is 6.18 Å². The Morgan fingerprint density at radius 2 is 1.86 bits per heavy atom. The first-order chi connectivity index (χ1) is 13.2. The van der Waals surface area contributed by atoms with Crippen LogP contribution in [0.2, 0.25) is 0 Å². The van der Waals surface area contributed by atoms with Crippen molar-refractivity contribution >= 4 is 11.5 Å². The summed E-state index contributed by atoms with van der Waals surface area (Å²) in [5.74, 6) is -0.827. The fourth-order valence-corrected chi connectivity index (χ4v) is 3.34. The number of aryl methyl sites for hydroxylation is 1. The number of nitrogens with one attached hydrogen (secondary N) is 1. The number of hydrogen-bond donors (Lipinski definition) is 1. The van der Waals surface area contributed by atoms with Gasteiger partial charge < -0.3 is 14.8 Å². The van der Waals surface area contributed by atoms with Crippen LogP contribution in [-0.4, -0.2) is 46.2 Å². The van der Waals surface area contributed by atoms with E-state index in [1.54, 1.807) is 0 Å². The number of rotatable bonds is 6. The van der Waals surface area contributed by atoms with E-state index in [0.717, 1.165) is 18.4 Å². The predicted molar refractivity (Wildman–Crippen MR) is 98.6 cm³/mol. The first kappa shape index (κ1) is 21.0. The molecule has 1 aromatic rings. The molecule has 1 spiro atoms. The summed E-state index contributed by atoms with van der Waals surface area (Å²) < 4.78 is 50.1. The molecule has 3 rings (SSSR count). The van der Waals surface area contributed by atoms with Crippen molar-refractivity contribution in [2.75, 3.05) is 18.5 Å². The lowest BCUT2D eigenvalue weighted by atomic mass is 9.93. The van der Waals surface area contributed by atoms with Gasteiger partial charge in [0.15, 0.2) is 11.6 Å². The maximum absolute atomic E-state index is 12.8. The van der Waals surface area contributed by atoms with E-state index >= 15 is 0 Å². The fourth-order valence-electron chi connectivity index (χ4n) is 3.34. The SMILES string of the molecule is CC(C)Nc1nc(CC[C@H](C)C(F)(F)F)nc(C2=CCCC3(C2)OCCO3)n1. The third-order valence-corrected chi connectivity index (χ3v) is 4.94. The van der Waals surface area contributed by atoms with Crippen LogP contribution in [0.15, 0.2) is 6.08 Å². The highest BCUT2D eigenvalue weighted by molar-refractivity contribution is 5.62. The lowest BCUT2D eigenvalue weighted by Gasteiger charge is -2.31. The second-order valence-electron chi connectivity index (χ2n) is 7.73. The Morgan fingerprint density at radius 3 is 2.50 bits per heavy atom. The van der Waals surface area contributed by atoms with Gasteiger partial charge in [-0.25, -0.2) is 4.98 Å². The number of hydrogen-bond acceptors (Lipinski definition) is 6. The summed E-state index contributed by atoms with van der Waals surface area (Å²) in [6.45, 7) is 6.20. The Bertz CT molecular complexity index is 716. The molecule has 1 fully saturated rings. The maximum atomic E-state index is 12.8. The topological polar surface area (TPSA) is 69.2 Å². The van der Waals surface area contributed by atoms with E-state index in [1.165, 1.54) is 6.92 Å². The number of aromatic nitrogens is 3. The van der Waals surface area contributed by atoms with Gasteiger partial charge in [-0.3, -0.25) is 0 Å². The van der Waals surface area contributed by atoms with Crippen molar-refractivity contribution in [3.63, 3.8) is 0 Å². The maximum Gasteiger partial charge on any atom is 0.391 e. The summed E-state index contributed by atoms with van der Waals surface area (Å²) in [5, 5.41) is 3.13. The zero-order valence-electron chi connectivity index (χ0n) is 16.5. The summed E-state index contributed by atoms with van der Waals surface area (Å²) in [4.78, 5) is 13.3. The zero-order chi connectivity index (χ0) is 20.4. The van der Waals surface area contributed by atoms with Crippen molar-refractivity contribution in [1.82, 2.24) is 15.0 Å². The van der Waals surface area contributed by atoms with Gasteiger partial charge in [0.1, 0.15) is 5.82 Å². The second kappa shape index (κ2) is 8.32. The molecule has 2 aliphatic rings. The third-order valence-electron chi connectivity index (χ3n) is 4.94. The molecule has 1 N–H and O–H groups in total. The van der Waals surface area contributed by atoms with Crippen LogP contribution < -0.4 is 5.32 Å². The first-order valence-electron chi connectivity index (χ1n) is 9.72. The van der Waals surface area contributed by atoms with Crippen LogP contribution in [0.25, 0.3) is 5.57 Å². The van der Waals surface area contributed by atoms with Crippen molar-refractivity contribution in [2.24, 2.45) is 5.92 Å². The molecule has 0 saturated carbocycles. The molecule has 0 unspecified atom stereocenters. The average molecular weight is 400 g/mol. The average Bonchev–Trinajstić information content (AvgIpc) is 3.05. The molecule has 28 heavy (non-hydrogen) atoms. The molecular formula is C19H27F3N4O2. The van der Waals surface area contributed by atoms with Crippen molar-refractivity contribution in [2.45, 2.75) is 70.9 Å². The molecule has 2 heterocycles. The molecule has 0 bridgehead atoms. The van der Waals surface area contributed by atoms with Gasteiger partial charge in [-0.2, -0.15) is 23.1 Å². The van der Waals surface area contributed by atoms with E-state index in [-0.39, 0.29) is 18.9 Å². The van der Waals surface area contributed by atoms with Crippen molar-refractivity contribution in [3.8, 4) is 0 Å². The minimum atomic E-state index is -4.22. The predicted octanol–water partition coefficient (Wildman–Crippen LogP) is 4.13. The van der Waals surface area contributed by atoms with Crippen LogP contribution in [0.5, 0.6) is 0 Å². The molecule has 156 valence electrons. The van der Waals surface area contributed by atoms with Gasteiger partial charge in [0, 0.05) is 25.3 Å². The van der Waals surface area contributed by atoms with Gasteiger partial charge in [-0.1, -0.05) is 13.0 Å². The number of ether oxygens (including phenoxy) is 2. The Balaban J connectivity index is 1.82. The van der Waals surface area contributed by atoms with Crippen LogP contribution >= 0.6 is 0 Å². The quantitative estimate of drug-likeness (QED) is 0.774. The Hall–Kier alpha value is -1.74. The molecule has 9 heteroatoms. The van der Waals surface area contributed by atoms with Crippen molar-refractivity contribution in [3.05, 3.63) is 17.7 Å². The monoisotopic (exact) mass is 400 g/mol. The van der Waals surface area contributed by atoms with Crippen LogP contribution in [0.1, 0.15) is 58.1 Å². The van der Waals surface area contributed by atoms with Gasteiger partial charge in [-0.15, -0.1) is 0 Å². The molecule has 1 aliphatic heterocycles. The van der Waals surface area contributed by atoms with Gasteiger partial charge in [0.25, 0.3) is 0 Å². The van der Waals surface area contributed by atoms with Crippen LogP contribution in [0.4, 0.5) is 19.1 Å². The Kier molecular flexibility index (Phi) is 6.24. The van der Waals surface area contributed by atoms with Crippen molar-refractivity contribution in [1.29, 1.82) is 0 Å². The molecule has 1 atom stereocenters. The smallest absolute Gasteiger partial charge is 0.352 e. The highest BCUT2D eigenvalue weighted by Gasteiger charge is 2.40. The number of alkyl halides is 3. The molecule has 0 aromatic carbocycles. The normalized spacial score (nSPS) is 20.5. The van der Waals surface area contributed by atoms with E-state index in [0.29, 0.717) is 37.2 Å². The number of anilines is 1. The number of halogens is 3. The summed E-state index contributed by atoms with van der Waals surface area (Å²) in [5.41, 5.74) is 0.882. The van der Waals surface area contributed by atoms with Crippen LogP contribution in [0.3, 0.4) is 0 Å². The summed E-state index contributed by atoms with van der Waals surface area (Å²) in [6, 6.07) is 0.0883. The highest BCUT2D eigenvalue weighted by atomic mass is 19.4. The summed E-state index contributed by atoms with van der Waals surface area (Å²) in [6.07, 6.45) is -0.0333. The summed E-state index contributed by atoms with van der Waals surface area (Å²) >= 11 is 0. The minimum Gasteiger partial charge on any atom is -0.352 e. The second-order valence-corrected chi connectivity index (χ2v) is 7.73. The third kappa shape index (κ3) is 5.20. The molecular weight excluding hydrogens is 373 g/mol. The largest absolute Gasteiger partial charge is 0.391 e. The van der Waals surface area contributed by atoms with E-state index in [9.17, 15) is 13.2 Å². The summed E-state index contributed by atoms with van der Waals surface area (Å²) in [7, 11) is 0. The van der Waals surface area contributed by atoms with E-state index in [1.807, 2.05) is 19.9 Å². The molecule has 1 aromatic heterocycles. The van der Waals surface area contributed by atoms with Crippen LogP contribution in [-0.2, 0) is 15.9 Å². The highest BCUT2D eigenvalue weighted by Crippen LogP contribution is 2.39. The number of allylic oxidation sites excluding steroid dienone is 1. The Labute approximate surface area is 163 Å².